The molecule has 3 N–H and O–H groups in total. The van der Waals surface area contributed by atoms with E-state index in [0.717, 1.165) is 33.7 Å². The predicted molar refractivity (Wildman–Crippen MR) is 93.7 cm³/mol. The third kappa shape index (κ3) is 3.95. The van der Waals surface area contributed by atoms with Crippen molar-refractivity contribution in [2.75, 3.05) is 11.9 Å². The first-order valence-electron chi connectivity index (χ1n) is 6.14. The van der Waals surface area contributed by atoms with Crippen molar-refractivity contribution in [3.8, 4) is 0 Å². The summed E-state index contributed by atoms with van der Waals surface area (Å²) in [7, 11) is 0. The van der Waals surface area contributed by atoms with E-state index in [4.69, 9.17) is 29.6 Å². The zero-order valence-electron chi connectivity index (χ0n) is 10.7. The molecule has 20 heavy (non-hydrogen) atoms. The Bertz CT molecular complexity index is 614. The smallest absolute Gasteiger partial charge is 0.107 e. The molecule has 0 radical (unpaired) electrons. The second-order valence-corrected chi connectivity index (χ2v) is 6.06. The lowest BCUT2D eigenvalue weighted by atomic mass is 10.1. The zero-order valence-corrected chi connectivity index (χ0v) is 13.9. The van der Waals surface area contributed by atoms with Crippen molar-refractivity contribution < 1.29 is 0 Å². The number of nitrogens with two attached hydrogens (primary N) is 1. The Morgan fingerprint density at radius 2 is 1.90 bits per heavy atom. The highest BCUT2D eigenvalue weighted by Crippen LogP contribution is 2.24. The van der Waals surface area contributed by atoms with Crippen molar-refractivity contribution in [1.82, 2.24) is 0 Å². The van der Waals surface area contributed by atoms with Crippen LogP contribution in [0.25, 0.3) is 0 Å². The minimum atomic E-state index is 0.381. The van der Waals surface area contributed by atoms with Crippen LogP contribution in [0, 0.1) is 0 Å². The summed E-state index contributed by atoms with van der Waals surface area (Å²) in [6.07, 6.45) is 0.903. The van der Waals surface area contributed by atoms with Crippen molar-refractivity contribution in [2.24, 2.45) is 5.73 Å². The van der Waals surface area contributed by atoms with Crippen molar-refractivity contribution in [2.45, 2.75) is 6.42 Å². The van der Waals surface area contributed by atoms with Crippen LogP contribution in [-0.2, 0) is 6.42 Å². The first kappa shape index (κ1) is 15.3. The van der Waals surface area contributed by atoms with Crippen LogP contribution in [0.3, 0.4) is 0 Å². The Balaban J connectivity index is 2.02. The number of nitrogens with one attached hydrogen (secondary N) is 1. The lowest BCUT2D eigenvalue weighted by molar-refractivity contribution is 1.02. The molecule has 0 aliphatic heterocycles. The van der Waals surface area contributed by atoms with Gasteiger partial charge in [0.05, 0.1) is 0 Å². The van der Waals surface area contributed by atoms with Gasteiger partial charge in [0.25, 0.3) is 0 Å². The number of anilines is 1. The van der Waals surface area contributed by atoms with E-state index in [-0.39, 0.29) is 0 Å². The number of halogens is 2. The number of thiocarbonyl (C=S) groups is 1. The van der Waals surface area contributed by atoms with E-state index in [9.17, 15) is 0 Å². The van der Waals surface area contributed by atoms with Crippen molar-refractivity contribution in [1.29, 1.82) is 0 Å². The zero-order chi connectivity index (χ0) is 14.5. The van der Waals surface area contributed by atoms with Crippen molar-refractivity contribution in [3.05, 3.63) is 63.1 Å². The fourth-order valence-corrected chi connectivity index (χ4v) is 2.97. The lowest BCUT2D eigenvalue weighted by Crippen LogP contribution is -2.15. The fourth-order valence-electron chi connectivity index (χ4n) is 1.91. The van der Waals surface area contributed by atoms with Crippen LogP contribution >= 0.6 is 39.7 Å². The highest BCUT2D eigenvalue weighted by atomic mass is 79.9. The van der Waals surface area contributed by atoms with Gasteiger partial charge in [-0.25, -0.2) is 0 Å². The average molecular weight is 370 g/mol. The molecule has 2 rings (SSSR count). The normalized spacial score (nSPS) is 10.3. The number of benzene rings is 2. The molecule has 0 heterocycles. The van der Waals surface area contributed by atoms with Gasteiger partial charge in [0.15, 0.2) is 0 Å². The minimum Gasteiger partial charge on any atom is -0.389 e. The molecule has 0 amide bonds. The molecule has 2 aromatic carbocycles. The van der Waals surface area contributed by atoms with E-state index < -0.39 is 0 Å². The summed E-state index contributed by atoms with van der Waals surface area (Å²) in [5.74, 6) is 0. The molecule has 0 aliphatic rings. The van der Waals surface area contributed by atoms with E-state index in [0.29, 0.717) is 4.99 Å². The van der Waals surface area contributed by atoms with E-state index in [1.807, 2.05) is 42.5 Å². The van der Waals surface area contributed by atoms with Crippen LogP contribution < -0.4 is 11.1 Å². The van der Waals surface area contributed by atoms with E-state index in [1.165, 1.54) is 5.56 Å². The van der Waals surface area contributed by atoms with Crippen LogP contribution in [0.5, 0.6) is 0 Å². The third-order valence-electron chi connectivity index (χ3n) is 2.90. The number of rotatable bonds is 5. The monoisotopic (exact) mass is 368 g/mol. The lowest BCUT2D eigenvalue weighted by Gasteiger charge is -2.12. The maximum atomic E-state index is 5.87. The summed E-state index contributed by atoms with van der Waals surface area (Å²) in [6, 6.07) is 13.7. The Morgan fingerprint density at radius 3 is 2.55 bits per heavy atom. The van der Waals surface area contributed by atoms with Crippen LogP contribution in [0.15, 0.2) is 46.9 Å². The number of hydrogen-bond acceptors (Lipinski definition) is 2. The summed E-state index contributed by atoms with van der Waals surface area (Å²) in [5.41, 5.74) is 8.78. The second-order valence-electron chi connectivity index (χ2n) is 4.33. The fraction of sp³-hybridized carbons (Fsp3) is 0.133. The van der Waals surface area contributed by atoms with Crippen molar-refractivity contribution in [3.63, 3.8) is 0 Å². The Labute approximate surface area is 137 Å². The maximum Gasteiger partial charge on any atom is 0.107 e. The molecule has 0 spiro atoms. The third-order valence-corrected chi connectivity index (χ3v) is 4.02. The van der Waals surface area contributed by atoms with Gasteiger partial charge < -0.3 is 11.1 Å². The molecule has 0 fully saturated rings. The Kier molecular flexibility index (Phi) is 5.40. The maximum absolute atomic E-state index is 5.87. The quantitative estimate of drug-likeness (QED) is 0.768. The summed E-state index contributed by atoms with van der Waals surface area (Å²) < 4.78 is 0.904. The first-order chi connectivity index (χ1) is 9.58. The van der Waals surface area contributed by atoms with Gasteiger partial charge in [-0.1, -0.05) is 42.0 Å². The van der Waals surface area contributed by atoms with Gasteiger partial charge >= 0.3 is 0 Å². The van der Waals surface area contributed by atoms with Crippen LogP contribution in [0.4, 0.5) is 5.69 Å². The van der Waals surface area contributed by atoms with Gasteiger partial charge in [0.2, 0.25) is 0 Å². The molecular formula is C15H14BrClN2S. The van der Waals surface area contributed by atoms with Crippen LogP contribution in [-0.4, -0.2) is 11.5 Å². The Morgan fingerprint density at radius 1 is 1.20 bits per heavy atom. The largest absolute Gasteiger partial charge is 0.389 e. The Hall–Kier alpha value is -1.10. The highest BCUT2D eigenvalue weighted by Gasteiger charge is 2.08. The van der Waals surface area contributed by atoms with Crippen LogP contribution in [0.1, 0.15) is 11.1 Å². The first-order valence-corrected chi connectivity index (χ1v) is 7.72. The molecule has 0 aromatic heterocycles. The summed E-state index contributed by atoms with van der Waals surface area (Å²) in [4.78, 5) is 0.381. The topological polar surface area (TPSA) is 38.0 Å². The summed E-state index contributed by atoms with van der Waals surface area (Å²) >= 11 is 14.4. The standard InChI is InChI=1S/C15H14BrClN2S/c16-12-2-1-3-13(14(12)15(18)20)19-9-8-10-4-6-11(17)7-5-10/h1-7,19H,8-9H2,(H2,18,20). The molecule has 0 saturated heterocycles. The van der Waals surface area contributed by atoms with E-state index >= 15 is 0 Å². The van der Waals surface area contributed by atoms with Gasteiger partial charge in [-0.3, -0.25) is 0 Å². The summed E-state index contributed by atoms with van der Waals surface area (Å²) in [5, 5.41) is 4.12. The molecule has 5 heteroatoms. The molecule has 2 nitrogen and oxygen atoms in total. The molecule has 2 aromatic rings. The highest BCUT2D eigenvalue weighted by molar-refractivity contribution is 9.10. The SMILES string of the molecule is NC(=S)c1c(Br)cccc1NCCc1ccc(Cl)cc1. The molecule has 0 unspecified atom stereocenters. The van der Waals surface area contributed by atoms with Gasteiger partial charge in [-0.2, -0.15) is 0 Å². The van der Waals surface area contributed by atoms with E-state index in [2.05, 4.69) is 21.2 Å². The summed E-state index contributed by atoms with van der Waals surface area (Å²) in [6.45, 7) is 0.799. The van der Waals surface area contributed by atoms with Crippen LogP contribution in [0.2, 0.25) is 5.02 Å². The van der Waals surface area contributed by atoms with Gasteiger partial charge in [-0.05, 0) is 52.2 Å². The molecule has 0 aliphatic carbocycles. The number of hydrogen-bond donors (Lipinski definition) is 2. The average Bonchev–Trinajstić information content (AvgIpc) is 2.40. The second kappa shape index (κ2) is 7.07. The van der Waals surface area contributed by atoms with Gasteiger partial charge in [0, 0.05) is 27.3 Å². The van der Waals surface area contributed by atoms with Gasteiger partial charge in [-0.15, -0.1) is 0 Å². The predicted octanol–water partition coefficient (Wildman–Crippen LogP) is 4.39. The molecular weight excluding hydrogens is 356 g/mol. The van der Waals surface area contributed by atoms with Gasteiger partial charge in [0.1, 0.15) is 4.99 Å². The van der Waals surface area contributed by atoms with E-state index in [1.54, 1.807) is 0 Å². The molecule has 104 valence electrons. The molecule has 0 saturated carbocycles. The minimum absolute atomic E-state index is 0.381. The molecule has 0 atom stereocenters. The molecule has 0 bridgehead atoms. The van der Waals surface area contributed by atoms with Crippen molar-refractivity contribution >= 4 is 50.4 Å².